The van der Waals surface area contributed by atoms with Crippen molar-refractivity contribution in [3.05, 3.63) is 63.5 Å². The number of fused-ring (bicyclic) bond motifs is 1. The fourth-order valence-corrected chi connectivity index (χ4v) is 2.72. The molecule has 1 aromatic heterocycles. The lowest BCUT2D eigenvalue weighted by molar-refractivity contribution is -0.152. The Morgan fingerprint density at radius 3 is 2.43 bits per heavy atom. The number of hydrogen-bond acceptors (Lipinski definition) is 5. The van der Waals surface area contributed by atoms with Crippen LogP contribution in [0, 0.1) is 0 Å². The molecule has 0 N–H and O–H groups in total. The zero-order chi connectivity index (χ0) is 20.5. The number of rotatable bonds is 4. The molecule has 0 unspecified atom stereocenters. The molecule has 3 rings (SSSR count). The van der Waals surface area contributed by atoms with E-state index in [4.69, 9.17) is 20.8 Å². The van der Waals surface area contributed by atoms with Gasteiger partial charge in [-0.1, -0.05) is 23.7 Å². The Bertz CT molecular complexity index is 1090. The van der Waals surface area contributed by atoms with Gasteiger partial charge in [0.25, 0.3) is 0 Å². The van der Waals surface area contributed by atoms with Crippen LogP contribution in [-0.4, -0.2) is 19.7 Å². The standard InChI is InChI=1S/C19H12ClF3O5/c1-26-9-15(24)27-12-6-7-13-14(8-12)28-18(19(21,22)23)16(17(13)25)10-2-4-11(20)5-3-10/h2-8H,9H2,1H3. The fourth-order valence-electron chi connectivity index (χ4n) is 2.59. The zero-order valence-corrected chi connectivity index (χ0v) is 15.1. The Morgan fingerprint density at radius 2 is 1.82 bits per heavy atom. The Morgan fingerprint density at radius 1 is 1.14 bits per heavy atom. The maximum atomic E-state index is 13.6. The molecule has 0 spiro atoms. The molecule has 146 valence electrons. The van der Waals surface area contributed by atoms with Gasteiger partial charge in [-0.2, -0.15) is 13.2 Å². The van der Waals surface area contributed by atoms with Gasteiger partial charge < -0.3 is 13.9 Å². The summed E-state index contributed by atoms with van der Waals surface area (Å²) in [6.07, 6.45) is -4.93. The molecule has 9 heteroatoms. The molecule has 0 aliphatic carbocycles. The molecular weight excluding hydrogens is 401 g/mol. The van der Waals surface area contributed by atoms with Crippen molar-refractivity contribution in [2.24, 2.45) is 0 Å². The lowest BCUT2D eigenvalue weighted by Gasteiger charge is -2.13. The van der Waals surface area contributed by atoms with E-state index in [1.54, 1.807) is 0 Å². The second-order valence-electron chi connectivity index (χ2n) is 5.71. The first kappa shape index (κ1) is 19.9. The SMILES string of the molecule is COCC(=O)Oc1ccc2c(=O)c(-c3ccc(Cl)cc3)c(C(F)(F)F)oc2c1. The largest absolute Gasteiger partial charge is 0.450 e. The van der Waals surface area contributed by atoms with Gasteiger partial charge >= 0.3 is 12.1 Å². The van der Waals surface area contributed by atoms with E-state index in [1.165, 1.54) is 43.5 Å². The van der Waals surface area contributed by atoms with Crippen LogP contribution in [0.5, 0.6) is 5.75 Å². The highest BCUT2D eigenvalue weighted by Crippen LogP contribution is 2.38. The molecule has 0 atom stereocenters. The molecular formula is C19H12ClF3O5. The van der Waals surface area contributed by atoms with E-state index in [9.17, 15) is 22.8 Å². The first-order valence-corrected chi connectivity index (χ1v) is 8.22. The summed E-state index contributed by atoms with van der Waals surface area (Å²) < 4.78 is 55.3. The van der Waals surface area contributed by atoms with E-state index < -0.39 is 28.9 Å². The third kappa shape index (κ3) is 4.02. The van der Waals surface area contributed by atoms with E-state index in [1.807, 2.05) is 0 Å². The van der Waals surface area contributed by atoms with Crippen LogP contribution in [0.4, 0.5) is 13.2 Å². The molecule has 28 heavy (non-hydrogen) atoms. The summed E-state index contributed by atoms with van der Waals surface area (Å²) in [5, 5.41) is 0.217. The van der Waals surface area contributed by atoms with Crippen molar-refractivity contribution >= 4 is 28.5 Å². The number of carbonyl (C=O) groups is 1. The van der Waals surface area contributed by atoms with Crippen LogP contribution in [0.2, 0.25) is 5.02 Å². The normalized spacial score (nSPS) is 11.6. The summed E-state index contributed by atoms with van der Waals surface area (Å²) in [6, 6.07) is 8.91. The number of esters is 1. The average molecular weight is 413 g/mol. The summed E-state index contributed by atoms with van der Waals surface area (Å²) in [5.41, 5.74) is -1.84. The highest BCUT2D eigenvalue weighted by molar-refractivity contribution is 6.30. The van der Waals surface area contributed by atoms with Gasteiger partial charge in [-0.3, -0.25) is 4.79 Å². The highest BCUT2D eigenvalue weighted by Gasteiger charge is 2.39. The smallest absolute Gasteiger partial charge is 0.450 e. The topological polar surface area (TPSA) is 65.7 Å². The summed E-state index contributed by atoms with van der Waals surface area (Å²) in [4.78, 5) is 24.3. The molecule has 0 amide bonds. The quantitative estimate of drug-likeness (QED) is 0.459. The number of hydrogen-bond donors (Lipinski definition) is 0. The van der Waals surface area contributed by atoms with Crippen molar-refractivity contribution < 1.29 is 31.9 Å². The molecule has 0 bridgehead atoms. The van der Waals surface area contributed by atoms with Crippen LogP contribution in [0.3, 0.4) is 0 Å². The van der Waals surface area contributed by atoms with Gasteiger partial charge in [-0.25, -0.2) is 4.79 Å². The third-order valence-corrected chi connectivity index (χ3v) is 4.00. The predicted octanol–water partition coefficient (Wildman–Crippen LogP) is 4.68. The predicted molar refractivity (Wildman–Crippen MR) is 95.4 cm³/mol. The highest BCUT2D eigenvalue weighted by atomic mass is 35.5. The summed E-state index contributed by atoms with van der Waals surface area (Å²) in [6.45, 7) is -0.342. The van der Waals surface area contributed by atoms with Crippen molar-refractivity contribution in [1.29, 1.82) is 0 Å². The van der Waals surface area contributed by atoms with Gasteiger partial charge in [0.1, 0.15) is 17.9 Å². The maximum Gasteiger partial charge on any atom is 0.450 e. The van der Waals surface area contributed by atoms with Crippen LogP contribution in [0.15, 0.2) is 51.7 Å². The van der Waals surface area contributed by atoms with Gasteiger partial charge in [0, 0.05) is 18.2 Å². The van der Waals surface area contributed by atoms with Crippen molar-refractivity contribution in [3.8, 4) is 16.9 Å². The Balaban J connectivity index is 2.21. The molecule has 1 heterocycles. The minimum Gasteiger partial charge on any atom is -0.450 e. The Kier molecular flexibility index (Phi) is 5.44. The second-order valence-corrected chi connectivity index (χ2v) is 6.14. The monoisotopic (exact) mass is 412 g/mol. The molecule has 5 nitrogen and oxygen atoms in total. The second kappa shape index (κ2) is 7.65. The van der Waals surface area contributed by atoms with Crippen molar-refractivity contribution in [3.63, 3.8) is 0 Å². The van der Waals surface area contributed by atoms with E-state index in [-0.39, 0.29) is 28.9 Å². The summed E-state index contributed by atoms with van der Waals surface area (Å²) in [7, 11) is 1.29. The molecule has 0 radical (unpaired) electrons. The minimum atomic E-state index is -4.93. The van der Waals surface area contributed by atoms with E-state index in [2.05, 4.69) is 4.74 Å². The maximum absolute atomic E-state index is 13.6. The van der Waals surface area contributed by atoms with Gasteiger partial charge in [-0.05, 0) is 29.8 Å². The van der Waals surface area contributed by atoms with Crippen LogP contribution in [-0.2, 0) is 15.7 Å². The first-order chi connectivity index (χ1) is 13.2. The van der Waals surface area contributed by atoms with Gasteiger partial charge in [0.05, 0.1) is 10.9 Å². The summed E-state index contributed by atoms with van der Waals surface area (Å²) >= 11 is 5.77. The molecule has 2 aromatic carbocycles. The molecule has 0 aliphatic rings. The zero-order valence-electron chi connectivity index (χ0n) is 14.3. The number of ether oxygens (including phenoxy) is 2. The summed E-state index contributed by atoms with van der Waals surface area (Å²) in [5.74, 6) is -2.28. The van der Waals surface area contributed by atoms with Crippen LogP contribution >= 0.6 is 11.6 Å². The Labute approximate surface area is 161 Å². The number of halogens is 4. The molecule has 0 aliphatic heterocycles. The van der Waals surface area contributed by atoms with Crippen molar-refractivity contribution in [1.82, 2.24) is 0 Å². The van der Waals surface area contributed by atoms with Crippen LogP contribution < -0.4 is 10.2 Å². The van der Waals surface area contributed by atoms with Crippen molar-refractivity contribution in [2.45, 2.75) is 6.18 Å². The number of carbonyl (C=O) groups excluding carboxylic acids is 1. The minimum absolute atomic E-state index is 0.0166. The Hall–Kier alpha value is -2.84. The number of methoxy groups -OCH3 is 1. The number of alkyl halides is 3. The lowest BCUT2D eigenvalue weighted by Crippen LogP contribution is -2.16. The first-order valence-electron chi connectivity index (χ1n) is 7.84. The third-order valence-electron chi connectivity index (χ3n) is 3.75. The van der Waals surface area contributed by atoms with E-state index >= 15 is 0 Å². The van der Waals surface area contributed by atoms with Crippen LogP contribution in [0.25, 0.3) is 22.1 Å². The molecule has 3 aromatic rings. The van der Waals surface area contributed by atoms with E-state index in [0.717, 1.165) is 6.07 Å². The van der Waals surface area contributed by atoms with Crippen LogP contribution in [0.1, 0.15) is 5.76 Å². The lowest BCUT2D eigenvalue weighted by atomic mass is 10.0. The average Bonchev–Trinajstić information content (AvgIpc) is 2.62. The van der Waals surface area contributed by atoms with Gasteiger partial charge in [-0.15, -0.1) is 0 Å². The number of benzene rings is 2. The molecule has 0 saturated carbocycles. The van der Waals surface area contributed by atoms with Gasteiger partial charge in [0.15, 0.2) is 0 Å². The van der Waals surface area contributed by atoms with Gasteiger partial charge in [0.2, 0.25) is 11.2 Å². The fraction of sp³-hybridized carbons (Fsp3) is 0.158. The molecule has 0 saturated heterocycles. The van der Waals surface area contributed by atoms with E-state index in [0.29, 0.717) is 5.02 Å². The van der Waals surface area contributed by atoms with Crippen molar-refractivity contribution in [2.75, 3.05) is 13.7 Å². The molecule has 0 fully saturated rings.